The summed E-state index contributed by atoms with van der Waals surface area (Å²) in [5, 5.41) is 11.8. The van der Waals surface area contributed by atoms with Gasteiger partial charge in [0.15, 0.2) is 0 Å². The molecule has 0 saturated heterocycles. The van der Waals surface area contributed by atoms with Crippen molar-refractivity contribution in [2.24, 2.45) is 11.8 Å². The number of aliphatic carboxylic acids is 1. The van der Waals surface area contributed by atoms with E-state index in [4.69, 9.17) is 5.11 Å². The molecule has 0 aromatic heterocycles. The van der Waals surface area contributed by atoms with Gasteiger partial charge in [0.2, 0.25) is 11.8 Å². The Hall–Kier alpha value is -1.59. The first-order chi connectivity index (χ1) is 10.5. The average molecular weight is 312 g/mol. The summed E-state index contributed by atoms with van der Waals surface area (Å²) >= 11 is 0. The highest BCUT2D eigenvalue weighted by Crippen LogP contribution is 2.28. The zero-order valence-electron chi connectivity index (χ0n) is 13.6. The number of carboxylic acid groups (broad SMARTS) is 1. The van der Waals surface area contributed by atoms with Crippen LogP contribution in [-0.4, -0.2) is 47.4 Å². The van der Waals surface area contributed by atoms with Crippen molar-refractivity contribution in [3.63, 3.8) is 0 Å². The first kappa shape index (κ1) is 18.5. The van der Waals surface area contributed by atoms with Gasteiger partial charge in [0.25, 0.3) is 0 Å². The quantitative estimate of drug-likeness (QED) is 0.667. The molecule has 6 heteroatoms. The molecule has 2 N–H and O–H groups in total. The third-order valence-corrected chi connectivity index (χ3v) is 4.43. The molecule has 22 heavy (non-hydrogen) atoms. The number of nitrogens with one attached hydrogen (secondary N) is 1. The Labute approximate surface area is 132 Å². The highest BCUT2D eigenvalue weighted by molar-refractivity contribution is 5.79. The van der Waals surface area contributed by atoms with Crippen LogP contribution >= 0.6 is 0 Å². The lowest BCUT2D eigenvalue weighted by Gasteiger charge is -2.25. The van der Waals surface area contributed by atoms with Crippen molar-refractivity contribution in [3.8, 4) is 0 Å². The Balaban J connectivity index is 2.19. The number of hydrogen-bond donors (Lipinski definition) is 2. The smallest absolute Gasteiger partial charge is 0.306 e. The van der Waals surface area contributed by atoms with Crippen LogP contribution in [0.5, 0.6) is 0 Å². The monoisotopic (exact) mass is 312 g/mol. The fourth-order valence-corrected chi connectivity index (χ4v) is 2.93. The number of carbonyl (C=O) groups excluding carboxylic acids is 2. The molecular formula is C16H28N2O4. The van der Waals surface area contributed by atoms with Crippen molar-refractivity contribution in [2.75, 3.05) is 19.6 Å². The molecular weight excluding hydrogens is 284 g/mol. The zero-order valence-corrected chi connectivity index (χ0v) is 13.6. The summed E-state index contributed by atoms with van der Waals surface area (Å²) in [4.78, 5) is 36.5. The van der Waals surface area contributed by atoms with Gasteiger partial charge >= 0.3 is 5.97 Å². The van der Waals surface area contributed by atoms with Gasteiger partial charge in [-0.05, 0) is 46.0 Å². The molecule has 0 aromatic rings. The van der Waals surface area contributed by atoms with Crippen molar-refractivity contribution < 1.29 is 19.5 Å². The van der Waals surface area contributed by atoms with E-state index in [1.807, 2.05) is 13.8 Å². The van der Waals surface area contributed by atoms with Gasteiger partial charge in [0.05, 0.1) is 5.92 Å². The van der Waals surface area contributed by atoms with Gasteiger partial charge in [-0.3, -0.25) is 14.4 Å². The number of carboxylic acids is 1. The van der Waals surface area contributed by atoms with Crippen LogP contribution < -0.4 is 5.32 Å². The van der Waals surface area contributed by atoms with E-state index in [0.29, 0.717) is 58.2 Å². The highest BCUT2D eigenvalue weighted by Gasteiger charge is 2.29. The molecule has 0 radical (unpaired) electrons. The van der Waals surface area contributed by atoms with Gasteiger partial charge in [0, 0.05) is 32.0 Å². The lowest BCUT2D eigenvalue weighted by atomic mass is 9.81. The fourth-order valence-electron chi connectivity index (χ4n) is 2.93. The molecule has 0 aliphatic heterocycles. The molecule has 1 saturated carbocycles. The summed E-state index contributed by atoms with van der Waals surface area (Å²) in [6.45, 7) is 5.85. The van der Waals surface area contributed by atoms with Gasteiger partial charge in [-0.15, -0.1) is 0 Å². The zero-order chi connectivity index (χ0) is 16.5. The largest absolute Gasteiger partial charge is 0.481 e. The maximum Gasteiger partial charge on any atom is 0.306 e. The van der Waals surface area contributed by atoms with Crippen molar-refractivity contribution >= 4 is 17.8 Å². The first-order valence-electron chi connectivity index (χ1n) is 8.27. The van der Waals surface area contributed by atoms with Gasteiger partial charge < -0.3 is 15.3 Å². The second-order valence-corrected chi connectivity index (χ2v) is 5.85. The van der Waals surface area contributed by atoms with Gasteiger partial charge in [-0.2, -0.15) is 0 Å². The third-order valence-electron chi connectivity index (χ3n) is 4.43. The molecule has 0 spiro atoms. The highest BCUT2D eigenvalue weighted by atomic mass is 16.4. The molecule has 6 nitrogen and oxygen atoms in total. The molecule has 0 unspecified atom stereocenters. The van der Waals surface area contributed by atoms with E-state index < -0.39 is 5.97 Å². The molecule has 0 bridgehead atoms. The fraction of sp³-hybridized carbons (Fsp3) is 0.812. The van der Waals surface area contributed by atoms with Crippen molar-refractivity contribution in [1.82, 2.24) is 10.2 Å². The minimum absolute atomic E-state index is 0.000808. The molecule has 2 amide bonds. The average Bonchev–Trinajstić information content (AvgIpc) is 2.52. The van der Waals surface area contributed by atoms with Crippen LogP contribution in [-0.2, 0) is 14.4 Å². The summed E-state index contributed by atoms with van der Waals surface area (Å²) in [5.41, 5.74) is 0. The molecule has 1 fully saturated rings. The van der Waals surface area contributed by atoms with Crippen LogP contribution in [0.25, 0.3) is 0 Å². The number of hydrogen-bond acceptors (Lipinski definition) is 3. The SMILES string of the molecule is CCN(CC)C(=O)CCCNC(=O)C1CCC(C(=O)O)CC1. The summed E-state index contributed by atoms with van der Waals surface area (Å²) in [7, 11) is 0. The van der Waals surface area contributed by atoms with Crippen molar-refractivity contribution in [1.29, 1.82) is 0 Å². The third kappa shape index (κ3) is 5.66. The van der Waals surface area contributed by atoms with Gasteiger partial charge in [0.1, 0.15) is 0 Å². The summed E-state index contributed by atoms with van der Waals surface area (Å²) in [6, 6.07) is 0. The minimum atomic E-state index is -0.756. The Bertz CT molecular complexity index is 386. The van der Waals surface area contributed by atoms with Gasteiger partial charge in [-0.25, -0.2) is 0 Å². The Morgan fingerprint density at radius 3 is 2.09 bits per heavy atom. The van der Waals surface area contributed by atoms with Crippen LogP contribution in [0.4, 0.5) is 0 Å². The first-order valence-corrected chi connectivity index (χ1v) is 8.27. The molecule has 0 aromatic carbocycles. The van der Waals surface area contributed by atoms with Crippen molar-refractivity contribution in [3.05, 3.63) is 0 Å². The van der Waals surface area contributed by atoms with E-state index >= 15 is 0 Å². The maximum absolute atomic E-state index is 12.0. The normalized spacial score (nSPS) is 21.2. The lowest BCUT2D eigenvalue weighted by molar-refractivity contribution is -0.144. The Morgan fingerprint density at radius 1 is 1.05 bits per heavy atom. The van der Waals surface area contributed by atoms with E-state index in [2.05, 4.69) is 5.32 Å². The number of rotatable bonds is 8. The molecule has 1 aliphatic rings. The molecule has 0 atom stereocenters. The molecule has 1 rings (SSSR count). The predicted molar refractivity (Wildman–Crippen MR) is 83.3 cm³/mol. The van der Waals surface area contributed by atoms with Crippen molar-refractivity contribution in [2.45, 2.75) is 52.4 Å². The van der Waals surface area contributed by atoms with E-state index in [1.165, 1.54) is 0 Å². The van der Waals surface area contributed by atoms with Gasteiger partial charge in [-0.1, -0.05) is 0 Å². The van der Waals surface area contributed by atoms with E-state index in [1.54, 1.807) is 4.90 Å². The summed E-state index contributed by atoms with van der Waals surface area (Å²) in [6.07, 6.45) is 3.53. The standard InChI is InChI=1S/C16H28N2O4/c1-3-18(4-2)14(19)6-5-11-17-15(20)12-7-9-13(10-8-12)16(21)22/h12-13H,3-11H2,1-2H3,(H,17,20)(H,21,22). The Morgan fingerprint density at radius 2 is 1.59 bits per heavy atom. The number of amides is 2. The lowest BCUT2D eigenvalue weighted by Crippen LogP contribution is -2.35. The van der Waals surface area contributed by atoms with Crippen LogP contribution in [0.15, 0.2) is 0 Å². The summed E-state index contributed by atoms with van der Waals surface area (Å²) < 4.78 is 0. The number of nitrogens with zero attached hydrogens (tertiary/aromatic N) is 1. The molecule has 0 heterocycles. The van der Waals surface area contributed by atoms with E-state index in [9.17, 15) is 14.4 Å². The van der Waals surface area contributed by atoms with Crippen LogP contribution in [0.2, 0.25) is 0 Å². The van der Waals surface area contributed by atoms with Crippen LogP contribution in [0, 0.1) is 11.8 Å². The second-order valence-electron chi connectivity index (χ2n) is 5.85. The molecule has 126 valence electrons. The Kier molecular flexibility index (Phi) is 7.91. The van der Waals surface area contributed by atoms with E-state index in [0.717, 1.165) is 0 Å². The topological polar surface area (TPSA) is 86.7 Å². The second kappa shape index (κ2) is 9.43. The maximum atomic E-state index is 12.0. The van der Waals surface area contributed by atoms with Crippen LogP contribution in [0.3, 0.4) is 0 Å². The van der Waals surface area contributed by atoms with Crippen LogP contribution in [0.1, 0.15) is 52.4 Å². The molecule has 1 aliphatic carbocycles. The number of carbonyl (C=O) groups is 3. The predicted octanol–water partition coefficient (Wildman–Crippen LogP) is 1.64. The minimum Gasteiger partial charge on any atom is -0.481 e. The summed E-state index contributed by atoms with van der Waals surface area (Å²) in [5.74, 6) is -1.00. The van der Waals surface area contributed by atoms with E-state index in [-0.39, 0.29) is 23.7 Å².